The van der Waals surface area contributed by atoms with E-state index in [1.54, 1.807) is 24.3 Å². The molecule has 3 rings (SSSR count). The standard InChI is InChI=1S/C23H22FNO5/c1-3-4-13-25-20(15-7-11-18(12-8-15)30-14(2)26)19(22(28)23(25)29)21(27)16-5-9-17(24)10-6-16/h5-12,20,27H,3-4,13H2,1-2H3/b21-19-. The molecule has 1 aliphatic rings. The van der Waals surface area contributed by atoms with Gasteiger partial charge in [-0.2, -0.15) is 0 Å². The van der Waals surface area contributed by atoms with Gasteiger partial charge in [0.05, 0.1) is 11.6 Å². The van der Waals surface area contributed by atoms with Gasteiger partial charge < -0.3 is 14.7 Å². The van der Waals surface area contributed by atoms with Crippen molar-refractivity contribution in [2.24, 2.45) is 0 Å². The first kappa shape index (κ1) is 21.2. The van der Waals surface area contributed by atoms with Crippen LogP contribution < -0.4 is 4.74 Å². The van der Waals surface area contributed by atoms with Crippen molar-refractivity contribution in [1.29, 1.82) is 0 Å². The minimum absolute atomic E-state index is 0.0528. The number of ether oxygens (including phenoxy) is 1. The molecule has 1 aliphatic heterocycles. The Labute approximate surface area is 173 Å². The van der Waals surface area contributed by atoms with E-state index in [-0.39, 0.29) is 16.9 Å². The normalized spacial score (nSPS) is 18.0. The number of amides is 1. The van der Waals surface area contributed by atoms with E-state index in [1.807, 2.05) is 6.92 Å². The van der Waals surface area contributed by atoms with Gasteiger partial charge in [0.1, 0.15) is 17.3 Å². The SMILES string of the molecule is CCCCN1C(=O)C(=O)/C(=C(\O)c2ccc(F)cc2)C1c1ccc(OC(C)=O)cc1. The fourth-order valence-electron chi connectivity index (χ4n) is 3.43. The molecular formula is C23H22FNO5. The summed E-state index contributed by atoms with van der Waals surface area (Å²) in [6.45, 7) is 3.60. The highest BCUT2D eigenvalue weighted by Crippen LogP contribution is 2.40. The predicted octanol–water partition coefficient (Wildman–Crippen LogP) is 3.97. The minimum Gasteiger partial charge on any atom is -0.507 e. The largest absolute Gasteiger partial charge is 0.507 e. The van der Waals surface area contributed by atoms with Gasteiger partial charge in [-0.15, -0.1) is 0 Å². The van der Waals surface area contributed by atoms with Crippen molar-refractivity contribution < 1.29 is 28.6 Å². The molecule has 0 aliphatic carbocycles. The van der Waals surface area contributed by atoms with E-state index in [9.17, 15) is 23.9 Å². The monoisotopic (exact) mass is 411 g/mol. The Hall–Kier alpha value is -3.48. The molecule has 7 heteroatoms. The number of hydrogen-bond acceptors (Lipinski definition) is 5. The number of aliphatic hydroxyl groups is 1. The van der Waals surface area contributed by atoms with Gasteiger partial charge in [0.15, 0.2) is 0 Å². The summed E-state index contributed by atoms with van der Waals surface area (Å²) in [6, 6.07) is 10.7. The van der Waals surface area contributed by atoms with Gasteiger partial charge in [0.25, 0.3) is 11.7 Å². The fraction of sp³-hybridized carbons (Fsp3) is 0.261. The average molecular weight is 411 g/mol. The predicted molar refractivity (Wildman–Crippen MR) is 108 cm³/mol. The first-order chi connectivity index (χ1) is 14.3. The number of carbonyl (C=O) groups excluding carboxylic acids is 3. The van der Waals surface area contributed by atoms with Crippen LogP contribution in [0.2, 0.25) is 0 Å². The summed E-state index contributed by atoms with van der Waals surface area (Å²) in [5.41, 5.74) is 0.777. The van der Waals surface area contributed by atoms with Crippen molar-refractivity contribution in [3.63, 3.8) is 0 Å². The van der Waals surface area contributed by atoms with Crippen molar-refractivity contribution >= 4 is 23.4 Å². The van der Waals surface area contributed by atoms with E-state index >= 15 is 0 Å². The van der Waals surface area contributed by atoms with Gasteiger partial charge in [-0.3, -0.25) is 14.4 Å². The van der Waals surface area contributed by atoms with Crippen LogP contribution in [-0.4, -0.2) is 34.2 Å². The highest BCUT2D eigenvalue weighted by atomic mass is 19.1. The molecule has 2 aromatic rings. The third-order valence-electron chi connectivity index (χ3n) is 4.87. The zero-order chi connectivity index (χ0) is 21.8. The number of carbonyl (C=O) groups is 3. The third kappa shape index (κ3) is 4.25. The fourth-order valence-corrected chi connectivity index (χ4v) is 3.43. The molecule has 30 heavy (non-hydrogen) atoms. The van der Waals surface area contributed by atoms with Crippen LogP contribution in [-0.2, 0) is 14.4 Å². The second-order valence-corrected chi connectivity index (χ2v) is 7.02. The molecule has 1 N–H and O–H groups in total. The Morgan fingerprint density at radius 3 is 2.30 bits per heavy atom. The lowest BCUT2D eigenvalue weighted by molar-refractivity contribution is -0.139. The summed E-state index contributed by atoms with van der Waals surface area (Å²) >= 11 is 0. The van der Waals surface area contributed by atoms with E-state index in [0.717, 1.165) is 6.42 Å². The maximum Gasteiger partial charge on any atom is 0.308 e. The van der Waals surface area contributed by atoms with Gasteiger partial charge in [0, 0.05) is 19.0 Å². The average Bonchev–Trinajstić information content (AvgIpc) is 2.97. The first-order valence-corrected chi connectivity index (χ1v) is 9.66. The van der Waals surface area contributed by atoms with Crippen molar-refractivity contribution in [1.82, 2.24) is 4.90 Å². The molecule has 1 unspecified atom stereocenters. The van der Waals surface area contributed by atoms with Crippen LogP contribution >= 0.6 is 0 Å². The number of aliphatic hydroxyl groups excluding tert-OH is 1. The summed E-state index contributed by atoms with van der Waals surface area (Å²) < 4.78 is 18.3. The van der Waals surface area contributed by atoms with Crippen LogP contribution in [0.15, 0.2) is 54.1 Å². The number of esters is 1. The Balaban J connectivity index is 2.09. The molecule has 1 atom stereocenters. The number of unbranched alkanes of at least 4 members (excludes halogenated alkanes) is 1. The summed E-state index contributed by atoms with van der Waals surface area (Å²) in [7, 11) is 0. The highest BCUT2D eigenvalue weighted by molar-refractivity contribution is 6.46. The molecule has 0 radical (unpaired) electrons. The molecular weight excluding hydrogens is 389 g/mol. The van der Waals surface area contributed by atoms with Crippen LogP contribution in [0.25, 0.3) is 5.76 Å². The second kappa shape index (κ2) is 8.90. The van der Waals surface area contributed by atoms with Crippen LogP contribution in [0.4, 0.5) is 4.39 Å². The maximum atomic E-state index is 13.3. The first-order valence-electron chi connectivity index (χ1n) is 9.66. The zero-order valence-corrected chi connectivity index (χ0v) is 16.7. The van der Waals surface area contributed by atoms with Crippen molar-refractivity contribution in [2.75, 3.05) is 6.54 Å². The molecule has 1 heterocycles. The van der Waals surface area contributed by atoms with E-state index in [0.29, 0.717) is 24.3 Å². The van der Waals surface area contributed by atoms with Crippen molar-refractivity contribution in [3.05, 3.63) is 71.0 Å². The Kier molecular flexibility index (Phi) is 6.30. The number of Topliss-reactive ketones (excluding diaryl/α,β-unsaturated/α-hetero) is 1. The van der Waals surface area contributed by atoms with Crippen LogP contribution in [0, 0.1) is 5.82 Å². The number of benzene rings is 2. The van der Waals surface area contributed by atoms with E-state index < -0.39 is 29.5 Å². The summed E-state index contributed by atoms with van der Waals surface area (Å²) in [5, 5.41) is 10.8. The topological polar surface area (TPSA) is 83.9 Å². The van der Waals surface area contributed by atoms with Gasteiger partial charge in [0.2, 0.25) is 0 Å². The van der Waals surface area contributed by atoms with Crippen LogP contribution in [0.1, 0.15) is 43.9 Å². The number of nitrogens with zero attached hydrogens (tertiary/aromatic N) is 1. The molecule has 1 fully saturated rings. The lowest BCUT2D eigenvalue weighted by atomic mass is 9.95. The zero-order valence-electron chi connectivity index (χ0n) is 16.7. The van der Waals surface area contributed by atoms with Crippen LogP contribution in [0.3, 0.4) is 0 Å². The minimum atomic E-state index is -0.798. The van der Waals surface area contributed by atoms with Gasteiger partial charge >= 0.3 is 5.97 Å². The Bertz CT molecular complexity index is 995. The molecule has 0 aromatic heterocycles. The van der Waals surface area contributed by atoms with E-state index in [4.69, 9.17) is 4.74 Å². The van der Waals surface area contributed by atoms with Crippen LogP contribution in [0.5, 0.6) is 5.75 Å². The van der Waals surface area contributed by atoms with Gasteiger partial charge in [-0.1, -0.05) is 25.5 Å². The smallest absolute Gasteiger partial charge is 0.308 e. The molecule has 6 nitrogen and oxygen atoms in total. The van der Waals surface area contributed by atoms with E-state index in [2.05, 4.69) is 0 Å². The number of rotatable bonds is 6. The molecule has 2 aromatic carbocycles. The summed E-state index contributed by atoms with van der Waals surface area (Å²) in [4.78, 5) is 38.1. The lowest BCUT2D eigenvalue weighted by Crippen LogP contribution is -2.30. The highest BCUT2D eigenvalue weighted by Gasteiger charge is 2.45. The molecule has 1 saturated heterocycles. The molecule has 156 valence electrons. The maximum absolute atomic E-state index is 13.3. The molecule has 0 bridgehead atoms. The number of likely N-dealkylation sites (tertiary alicyclic amines) is 1. The molecule has 0 saturated carbocycles. The Morgan fingerprint density at radius 1 is 1.10 bits per heavy atom. The van der Waals surface area contributed by atoms with Crippen molar-refractivity contribution in [2.45, 2.75) is 32.7 Å². The van der Waals surface area contributed by atoms with Gasteiger partial charge in [-0.25, -0.2) is 4.39 Å². The quantitative estimate of drug-likeness (QED) is 0.256. The number of ketones is 1. The van der Waals surface area contributed by atoms with Crippen molar-refractivity contribution in [3.8, 4) is 5.75 Å². The lowest BCUT2D eigenvalue weighted by Gasteiger charge is -2.25. The van der Waals surface area contributed by atoms with E-state index in [1.165, 1.54) is 36.1 Å². The second-order valence-electron chi connectivity index (χ2n) is 7.02. The van der Waals surface area contributed by atoms with Gasteiger partial charge in [-0.05, 0) is 48.4 Å². The summed E-state index contributed by atoms with van der Waals surface area (Å²) in [5.74, 6) is -2.46. The number of halogens is 1. The third-order valence-corrected chi connectivity index (χ3v) is 4.87. The Morgan fingerprint density at radius 2 is 1.73 bits per heavy atom. The molecule has 0 spiro atoms. The molecule has 1 amide bonds. The number of hydrogen-bond donors (Lipinski definition) is 1. The summed E-state index contributed by atoms with van der Waals surface area (Å²) in [6.07, 6.45) is 1.50.